The molecule has 1 N–H and O–H groups in total. The van der Waals surface area contributed by atoms with Crippen LogP contribution in [-0.4, -0.2) is 37.3 Å². The monoisotopic (exact) mass is 441 g/mol. The molecule has 10 nitrogen and oxygen atoms in total. The summed E-state index contributed by atoms with van der Waals surface area (Å²) in [7, 11) is 3.01. The lowest BCUT2D eigenvalue weighted by atomic mass is 10.1. The molecule has 2 aromatic heterocycles. The maximum atomic E-state index is 12.6. The molecule has 0 spiro atoms. The van der Waals surface area contributed by atoms with Gasteiger partial charge < -0.3 is 19.4 Å². The standard InChI is InChI=1S/C22H27N5O5/c1-5-31-17-10-14-9-13(2)32-16(14)11-15(17)24-18(28)7-6-8-27-12-23-20-19(27)21(29)26(4)22(30)25(20)3/h10-13H,5-9H2,1-4H3,(H,24,28)/t13-/m1/s1. The van der Waals surface area contributed by atoms with Crippen LogP contribution in [0.25, 0.3) is 11.2 Å². The summed E-state index contributed by atoms with van der Waals surface area (Å²) in [6.45, 7) is 4.81. The van der Waals surface area contributed by atoms with Crippen LogP contribution in [0.1, 0.15) is 32.3 Å². The normalized spacial score (nSPS) is 14.9. The molecule has 1 aliphatic heterocycles. The van der Waals surface area contributed by atoms with Crippen LogP contribution in [0.2, 0.25) is 0 Å². The first-order chi connectivity index (χ1) is 15.3. The Morgan fingerprint density at radius 1 is 1.28 bits per heavy atom. The first-order valence-electron chi connectivity index (χ1n) is 10.7. The molecule has 0 bridgehead atoms. The van der Waals surface area contributed by atoms with Crippen molar-refractivity contribution in [3.8, 4) is 11.5 Å². The lowest BCUT2D eigenvalue weighted by molar-refractivity contribution is -0.116. The number of ether oxygens (including phenoxy) is 2. The number of hydrogen-bond acceptors (Lipinski definition) is 6. The number of carbonyl (C=O) groups is 1. The Hall–Kier alpha value is -3.56. The van der Waals surface area contributed by atoms with Crippen LogP contribution >= 0.6 is 0 Å². The van der Waals surface area contributed by atoms with Crippen molar-refractivity contribution >= 4 is 22.8 Å². The first-order valence-corrected chi connectivity index (χ1v) is 10.7. The highest BCUT2D eigenvalue weighted by Crippen LogP contribution is 2.38. The van der Waals surface area contributed by atoms with E-state index in [4.69, 9.17) is 9.47 Å². The molecule has 3 aromatic rings. The van der Waals surface area contributed by atoms with E-state index in [0.717, 1.165) is 22.3 Å². The van der Waals surface area contributed by atoms with Crippen molar-refractivity contribution in [2.24, 2.45) is 14.1 Å². The van der Waals surface area contributed by atoms with Gasteiger partial charge in [-0.05, 0) is 26.3 Å². The van der Waals surface area contributed by atoms with E-state index in [1.165, 1.54) is 17.9 Å². The molecule has 1 atom stereocenters. The summed E-state index contributed by atoms with van der Waals surface area (Å²) in [6, 6.07) is 3.74. The smallest absolute Gasteiger partial charge is 0.332 e. The molecule has 0 radical (unpaired) electrons. The van der Waals surface area contributed by atoms with Gasteiger partial charge in [-0.25, -0.2) is 9.78 Å². The molecule has 0 aliphatic carbocycles. The lowest BCUT2D eigenvalue weighted by Gasteiger charge is -2.13. The van der Waals surface area contributed by atoms with Gasteiger partial charge in [-0.2, -0.15) is 0 Å². The molecule has 4 rings (SSSR count). The molecule has 0 fully saturated rings. The maximum Gasteiger partial charge on any atom is 0.332 e. The average Bonchev–Trinajstić information content (AvgIpc) is 3.33. The first kappa shape index (κ1) is 21.7. The Labute approximate surface area is 184 Å². The molecule has 10 heteroatoms. The Morgan fingerprint density at radius 3 is 2.81 bits per heavy atom. The van der Waals surface area contributed by atoms with Crippen molar-refractivity contribution in [2.75, 3.05) is 11.9 Å². The van der Waals surface area contributed by atoms with E-state index in [1.54, 1.807) is 11.6 Å². The summed E-state index contributed by atoms with van der Waals surface area (Å²) < 4.78 is 15.6. The van der Waals surface area contributed by atoms with Crippen LogP contribution in [-0.2, 0) is 31.9 Å². The van der Waals surface area contributed by atoms with Crippen LogP contribution in [0.5, 0.6) is 11.5 Å². The number of benzene rings is 1. The fraction of sp³-hybridized carbons (Fsp3) is 0.455. The second kappa shape index (κ2) is 8.52. The van der Waals surface area contributed by atoms with Crippen LogP contribution < -0.4 is 26.0 Å². The van der Waals surface area contributed by atoms with Gasteiger partial charge in [0.1, 0.15) is 17.6 Å². The molecule has 1 amide bonds. The van der Waals surface area contributed by atoms with E-state index >= 15 is 0 Å². The van der Waals surface area contributed by atoms with Gasteiger partial charge in [0.05, 0.1) is 18.6 Å². The number of anilines is 1. The quantitative estimate of drug-likeness (QED) is 0.596. The van der Waals surface area contributed by atoms with E-state index in [1.807, 2.05) is 26.0 Å². The topological polar surface area (TPSA) is 109 Å². The van der Waals surface area contributed by atoms with Crippen molar-refractivity contribution in [1.29, 1.82) is 0 Å². The number of carbonyl (C=O) groups excluding carboxylic acids is 1. The van der Waals surface area contributed by atoms with E-state index in [2.05, 4.69) is 10.3 Å². The Balaban J connectivity index is 1.45. The third kappa shape index (κ3) is 3.88. The Kier molecular flexibility index (Phi) is 5.77. The fourth-order valence-corrected chi connectivity index (χ4v) is 4.00. The zero-order valence-corrected chi connectivity index (χ0v) is 18.7. The molecule has 0 saturated carbocycles. The van der Waals surface area contributed by atoms with Gasteiger partial charge in [0.25, 0.3) is 5.56 Å². The van der Waals surface area contributed by atoms with Crippen molar-refractivity contribution in [3.05, 3.63) is 44.9 Å². The van der Waals surface area contributed by atoms with Gasteiger partial charge >= 0.3 is 5.69 Å². The van der Waals surface area contributed by atoms with E-state index in [-0.39, 0.29) is 18.4 Å². The minimum Gasteiger partial charge on any atom is -0.492 e. The summed E-state index contributed by atoms with van der Waals surface area (Å²) in [5, 5.41) is 2.91. The van der Waals surface area contributed by atoms with E-state index < -0.39 is 11.2 Å². The van der Waals surface area contributed by atoms with E-state index in [0.29, 0.717) is 42.2 Å². The number of imidazole rings is 1. The minimum absolute atomic E-state index is 0.0997. The molecule has 0 unspecified atom stereocenters. The van der Waals surface area contributed by atoms with Crippen LogP contribution in [0.4, 0.5) is 5.69 Å². The zero-order valence-electron chi connectivity index (χ0n) is 18.7. The zero-order chi connectivity index (χ0) is 23.0. The van der Waals surface area contributed by atoms with Crippen molar-refractivity contribution in [1.82, 2.24) is 18.7 Å². The molecule has 170 valence electrons. The number of aryl methyl sites for hydroxylation is 2. The predicted octanol–water partition coefficient (Wildman–Crippen LogP) is 1.57. The summed E-state index contributed by atoms with van der Waals surface area (Å²) in [5.41, 5.74) is 1.50. The van der Waals surface area contributed by atoms with Crippen LogP contribution in [0, 0.1) is 0 Å². The van der Waals surface area contributed by atoms with Crippen LogP contribution in [0.3, 0.4) is 0 Å². The highest BCUT2D eigenvalue weighted by molar-refractivity contribution is 5.92. The molecule has 1 aromatic carbocycles. The van der Waals surface area contributed by atoms with Gasteiger partial charge in [-0.15, -0.1) is 0 Å². The number of aromatic nitrogens is 4. The van der Waals surface area contributed by atoms with Gasteiger partial charge in [-0.1, -0.05) is 0 Å². The fourth-order valence-electron chi connectivity index (χ4n) is 4.00. The molecule has 32 heavy (non-hydrogen) atoms. The maximum absolute atomic E-state index is 12.6. The molecular formula is C22H27N5O5. The Bertz CT molecular complexity index is 1300. The number of nitrogens with zero attached hydrogens (tertiary/aromatic N) is 4. The number of fused-ring (bicyclic) bond motifs is 2. The summed E-state index contributed by atoms with van der Waals surface area (Å²) >= 11 is 0. The van der Waals surface area contributed by atoms with Crippen molar-refractivity contribution < 1.29 is 14.3 Å². The van der Waals surface area contributed by atoms with Gasteiger partial charge in [0.2, 0.25) is 5.91 Å². The SMILES string of the molecule is CCOc1cc2c(cc1NC(=O)CCCn1cnc3c1c(=O)n(C)c(=O)n3C)O[C@H](C)C2. The number of rotatable bonds is 7. The second-order valence-corrected chi connectivity index (χ2v) is 7.99. The average molecular weight is 441 g/mol. The number of nitrogens with one attached hydrogen (secondary N) is 1. The number of hydrogen-bond donors (Lipinski definition) is 1. The minimum atomic E-state index is -0.426. The third-order valence-electron chi connectivity index (χ3n) is 5.59. The predicted molar refractivity (Wildman–Crippen MR) is 119 cm³/mol. The van der Waals surface area contributed by atoms with Crippen molar-refractivity contribution in [3.63, 3.8) is 0 Å². The largest absolute Gasteiger partial charge is 0.492 e. The van der Waals surface area contributed by atoms with Gasteiger partial charge in [0, 0.05) is 45.1 Å². The lowest BCUT2D eigenvalue weighted by Crippen LogP contribution is -2.37. The molecule has 3 heterocycles. The molecular weight excluding hydrogens is 414 g/mol. The van der Waals surface area contributed by atoms with Crippen LogP contribution in [0.15, 0.2) is 28.0 Å². The summed E-state index contributed by atoms with van der Waals surface area (Å²) in [4.78, 5) is 41.4. The highest BCUT2D eigenvalue weighted by atomic mass is 16.5. The van der Waals surface area contributed by atoms with Crippen molar-refractivity contribution in [2.45, 2.75) is 45.8 Å². The van der Waals surface area contributed by atoms with E-state index in [9.17, 15) is 14.4 Å². The summed E-state index contributed by atoms with van der Waals surface area (Å²) in [5.74, 6) is 1.23. The molecule has 1 aliphatic rings. The van der Waals surface area contributed by atoms with Gasteiger partial charge in [-0.3, -0.25) is 18.7 Å². The van der Waals surface area contributed by atoms with Gasteiger partial charge in [0.15, 0.2) is 11.2 Å². The number of amides is 1. The highest BCUT2D eigenvalue weighted by Gasteiger charge is 2.22. The molecule has 0 saturated heterocycles. The second-order valence-electron chi connectivity index (χ2n) is 7.99. The summed E-state index contributed by atoms with van der Waals surface area (Å²) in [6.07, 6.45) is 3.17. The third-order valence-corrected chi connectivity index (χ3v) is 5.59. The Morgan fingerprint density at radius 2 is 2.06 bits per heavy atom.